The van der Waals surface area contributed by atoms with E-state index in [1.54, 1.807) is 12.1 Å². The van der Waals surface area contributed by atoms with Crippen molar-refractivity contribution in [1.29, 1.82) is 0 Å². The summed E-state index contributed by atoms with van der Waals surface area (Å²) in [5.74, 6) is -3.58. The summed E-state index contributed by atoms with van der Waals surface area (Å²) in [6.45, 7) is 2.46. The monoisotopic (exact) mass is 665 g/mol. The fourth-order valence-electron chi connectivity index (χ4n) is 5.00. The van der Waals surface area contributed by atoms with Crippen LogP contribution in [0.5, 0.6) is 11.5 Å². The molecule has 15 heteroatoms. The van der Waals surface area contributed by atoms with Crippen LogP contribution < -0.4 is 20.1 Å². The van der Waals surface area contributed by atoms with Crippen molar-refractivity contribution < 1.29 is 51.7 Å². The van der Waals surface area contributed by atoms with Crippen LogP contribution in [-0.4, -0.2) is 74.8 Å². The maximum absolute atomic E-state index is 14.2. The highest BCUT2D eigenvalue weighted by Gasteiger charge is 2.48. The van der Waals surface area contributed by atoms with Crippen LogP contribution in [0.4, 0.5) is 18.9 Å². The molecule has 12 nitrogen and oxygen atoms in total. The smallest absolute Gasteiger partial charge is 0.431 e. The van der Waals surface area contributed by atoms with Gasteiger partial charge in [-0.25, -0.2) is 9.59 Å². The molecule has 256 valence electrons. The van der Waals surface area contributed by atoms with Gasteiger partial charge in [-0.1, -0.05) is 31.0 Å². The molecule has 0 bridgehead atoms. The number of nitrogens with one attached hydrogen (secondary N) is 2. The summed E-state index contributed by atoms with van der Waals surface area (Å²) in [6.07, 6.45) is -2.91. The lowest BCUT2D eigenvalue weighted by atomic mass is 9.79. The average Bonchev–Trinajstić information content (AvgIpc) is 3.05. The van der Waals surface area contributed by atoms with E-state index in [-0.39, 0.29) is 35.8 Å². The third kappa shape index (κ3) is 10.2. The number of dihydropyridines is 1. The number of carbonyl (C=O) groups is 2. The van der Waals surface area contributed by atoms with E-state index in [0.29, 0.717) is 25.3 Å². The molecule has 0 aromatic heterocycles. The minimum Gasteiger partial charge on any atom is -0.493 e. The van der Waals surface area contributed by atoms with Gasteiger partial charge in [-0.2, -0.15) is 13.2 Å². The van der Waals surface area contributed by atoms with Gasteiger partial charge in [-0.3, -0.25) is 10.1 Å². The number of nitro benzene ring substituents is 1. The number of alkyl halides is 3. The van der Waals surface area contributed by atoms with Crippen LogP contribution in [-0.2, 0) is 19.1 Å². The molecule has 0 saturated carbocycles. The highest BCUT2D eigenvalue weighted by atomic mass is 19.4. The van der Waals surface area contributed by atoms with E-state index in [0.717, 1.165) is 45.6 Å². The van der Waals surface area contributed by atoms with Crippen molar-refractivity contribution in [3.8, 4) is 11.5 Å². The van der Waals surface area contributed by atoms with Gasteiger partial charge in [0.25, 0.3) is 5.69 Å². The topological polar surface area (TPSA) is 158 Å². The number of non-ortho nitro benzene ring substituents is 1. The van der Waals surface area contributed by atoms with Gasteiger partial charge < -0.3 is 34.7 Å². The van der Waals surface area contributed by atoms with Gasteiger partial charge in [0.15, 0.2) is 0 Å². The molecule has 0 spiro atoms. The van der Waals surface area contributed by atoms with Crippen molar-refractivity contribution >= 4 is 17.6 Å². The summed E-state index contributed by atoms with van der Waals surface area (Å²) in [5.41, 5.74) is -3.77. The van der Waals surface area contributed by atoms with Crippen molar-refractivity contribution in [1.82, 2.24) is 10.6 Å². The van der Waals surface area contributed by atoms with E-state index in [2.05, 4.69) is 15.4 Å². The normalized spacial score (nSPS) is 15.5. The van der Waals surface area contributed by atoms with Crippen LogP contribution >= 0.6 is 0 Å². The van der Waals surface area contributed by atoms with Gasteiger partial charge in [0.2, 0.25) is 0 Å². The number of aliphatic hydroxyl groups is 1. The van der Waals surface area contributed by atoms with Crippen LogP contribution in [0.15, 0.2) is 71.1 Å². The zero-order valence-electron chi connectivity index (χ0n) is 26.2. The molecule has 2 aromatic rings. The molecule has 2 unspecified atom stereocenters. The van der Waals surface area contributed by atoms with E-state index < -0.39 is 52.0 Å². The number of para-hydroxylation sites is 1. The van der Waals surface area contributed by atoms with Crippen LogP contribution in [0.2, 0.25) is 0 Å². The van der Waals surface area contributed by atoms with Crippen molar-refractivity contribution in [2.45, 2.75) is 50.8 Å². The summed E-state index contributed by atoms with van der Waals surface area (Å²) >= 11 is 0. The molecule has 47 heavy (non-hydrogen) atoms. The summed E-state index contributed by atoms with van der Waals surface area (Å²) < 4.78 is 63.4. The third-order valence-electron chi connectivity index (χ3n) is 7.24. The van der Waals surface area contributed by atoms with Gasteiger partial charge in [0.05, 0.1) is 42.8 Å². The van der Waals surface area contributed by atoms with Gasteiger partial charge in [0, 0.05) is 29.9 Å². The molecule has 0 radical (unpaired) electrons. The number of nitro groups is 1. The van der Waals surface area contributed by atoms with Crippen molar-refractivity contribution in [3.63, 3.8) is 0 Å². The standard InChI is InChI=1S/C32H38F3N3O9/c1-20-26(30(40)44-2)27(28(31(41)45-3)29(37-20)32(33,34)35)24-17-21(38(42)43)13-14-25(24)46-16-10-5-4-9-15-36-18-22(39)19-47-23-11-7-6-8-12-23/h6-8,11-14,17,22,27,36-37,39H,4-5,9-10,15-16,18-19H2,1-3H3. The van der Waals surface area contributed by atoms with Crippen molar-refractivity contribution in [3.05, 3.63) is 86.7 Å². The second kappa shape index (κ2) is 17.3. The van der Waals surface area contributed by atoms with Gasteiger partial charge in [-0.15, -0.1) is 0 Å². The van der Waals surface area contributed by atoms with E-state index in [4.69, 9.17) is 14.2 Å². The Bertz CT molecular complexity index is 1460. The number of aliphatic hydroxyl groups excluding tert-OH is 1. The van der Waals surface area contributed by atoms with E-state index in [1.165, 1.54) is 13.0 Å². The van der Waals surface area contributed by atoms with Crippen LogP contribution in [0, 0.1) is 10.1 Å². The Hall–Kier alpha value is -4.63. The molecule has 0 aliphatic carbocycles. The maximum Gasteiger partial charge on any atom is 0.431 e. The number of esters is 2. The Morgan fingerprint density at radius 1 is 1.00 bits per heavy atom. The Morgan fingerprint density at radius 2 is 1.66 bits per heavy atom. The summed E-state index contributed by atoms with van der Waals surface area (Å²) in [4.78, 5) is 36.6. The molecular formula is C32H38F3N3O9. The lowest BCUT2D eigenvalue weighted by Crippen LogP contribution is -2.38. The zero-order valence-corrected chi connectivity index (χ0v) is 26.2. The second-order valence-corrected chi connectivity index (χ2v) is 10.6. The molecule has 2 atom stereocenters. The number of carbonyl (C=O) groups excluding carboxylic acids is 2. The molecule has 1 aliphatic rings. The molecule has 1 aliphatic heterocycles. The lowest BCUT2D eigenvalue weighted by molar-refractivity contribution is -0.384. The Kier molecular flexibility index (Phi) is 13.6. The Labute approximate surface area is 269 Å². The number of hydrogen-bond acceptors (Lipinski definition) is 11. The van der Waals surface area contributed by atoms with Crippen LogP contribution in [0.25, 0.3) is 0 Å². The molecule has 3 rings (SSSR count). The number of allylic oxidation sites excluding steroid dienone is 2. The largest absolute Gasteiger partial charge is 0.493 e. The van der Waals surface area contributed by atoms with Crippen molar-refractivity contribution in [2.75, 3.05) is 40.5 Å². The molecule has 0 fully saturated rings. The predicted octanol–water partition coefficient (Wildman–Crippen LogP) is 4.69. The molecule has 3 N–H and O–H groups in total. The zero-order chi connectivity index (χ0) is 34.6. The SMILES string of the molecule is COC(=O)C1=C(C)NC(C(F)(F)F)=C(C(=O)OC)C1c1cc([N+](=O)[O-])ccc1OCCCCCCNCC(O)COc1ccccc1. The maximum atomic E-state index is 14.2. The van der Waals surface area contributed by atoms with Gasteiger partial charge in [-0.05, 0) is 44.5 Å². The highest BCUT2D eigenvalue weighted by Crippen LogP contribution is 2.46. The van der Waals surface area contributed by atoms with Crippen molar-refractivity contribution in [2.24, 2.45) is 0 Å². The van der Waals surface area contributed by atoms with Gasteiger partial charge in [0.1, 0.15) is 29.9 Å². The van der Waals surface area contributed by atoms with Crippen LogP contribution in [0.1, 0.15) is 44.1 Å². The molecule has 0 amide bonds. The molecular weight excluding hydrogens is 627 g/mol. The molecule has 1 heterocycles. The first kappa shape index (κ1) is 36.8. The van der Waals surface area contributed by atoms with Crippen LogP contribution in [0.3, 0.4) is 0 Å². The molecule has 2 aromatic carbocycles. The number of rotatable bonds is 17. The third-order valence-corrected chi connectivity index (χ3v) is 7.24. The molecule has 0 saturated heterocycles. The second-order valence-electron chi connectivity index (χ2n) is 10.6. The first-order chi connectivity index (χ1) is 22.4. The lowest BCUT2D eigenvalue weighted by Gasteiger charge is -2.32. The number of nitrogens with zero attached hydrogens (tertiary/aromatic N) is 1. The number of methoxy groups -OCH3 is 2. The quantitative estimate of drug-likeness (QED) is 0.0932. The predicted molar refractivity (Wildman–Crippen MR) is 164 cm³/mol. The Balaban J connectivity index is 1.68. The van der Waals surface area contributed by atoms with Gasteiger partial charge >= 0.3 is 18.1 Å². The van der Waals surface area contributed by atoms with E-state index >= 15 is 0 Å². The fourth-order valence-corrected chi connectivity index (χ4v) is 5.00. The summed E-state index contributed by atoms with van der Waals surface area (Å²) in [6, 6.07) is 12.5. The fraction of sp³-hybridized carbons (Fsp3) is 0.438. The number of ether oxygens (including phenoxy) is 4. The number of hydrogen-bond donors (Lipinski definition) is 3. The van der Waals surface area contributed by atoms with E-state index in [1.807, 2.05) is 18.2 Å². The number of benzene rings is 2. The highest BCUT2D eigenvalue weighted by molar-refractivity contribution is 6.00. The number of halogens is 3. The first-order valence-electron chi connectivity index (χ1n) is 14.8. The minimum atomic E-state index is -5.07. The summed E-state index contributed by atoms with van der Waals surface area (Å²) in [5, 5.41) is 27.0. The number of unbranched alkanes of at least 4 members (excludes halogenated alkanes) is 3. The van der Waals surface area contributed by atoms with E-state index in [9.17, 15) is 38.0 Å². The summed E-state index contributed by atoms with van der Waals surface area (Å²) in [7, 11) is 1.90. The first-order valence-corrected chi connectivity index (χ1v) is 14.8. The Morgan fingerprint density at radius 3 is 2.30 bits per heavy atom. The minimum absolute atomic E-state index is 0.0481. The average molecular weight is 666 g/mol.